The van der Waals surface area contributed by atoms with Crippen molar-refractivity contribution >= 4 is 5.82 Å². The van der Waals surface area contributed by atoms with Crippen LogP contribution >= 0.6 is 0 Å². The molecule has 1 aromatic carbocycles. The minimum absolute atomic E-state index is 0.00850. The maximum absolute atomic E-state index is 14.0. The summed E-state index contributed by atoms with van der Waals surface area (Å²) in [4.78, 5) is 22.9. The van der Waals surface area contributed by atoms with Crippen molar-refractivity contribution in [3.8, 4) is 17.1 Å². The van der Waals surface area contributed by atoms with E-state index in [0.717, 1.165) is 16.8 Å². The number of halogens is 4. The van der Waals surface area contributed by atoms with Crippen LogP contribution in [-0.4, -0.2) is 45.4 Å². The lowest BCUT2D eigenvalue weighted by Crippen LogP contribution is -2.39. The van der Waals surface area contributed by atoms with Gasteiger partial charge in [-0.1, -0.05) is 0 Å². The molecule has 3 aromatic rings. The van der Waals surface area contributed by atoms with Crippen LogP contribution in [0.25, 0.3) is 11.4 Å². The molecule has 5 rings (SSSR count). The molecule has 184 valence electrons. The molecule has 7 nitrogen and oxygen atoms in total. The predicted molar refractivity (Wildman–Crippen MR) is 120 cm³/mol. The second-order valence-corrected chi connectivity index (χ2v) is 8.94. The number of aryl methyl sites for hydroxylation is 1. The van der Waals surface area contributed by atoms with E-state index in [-0.39, 0.29) is 23.1 Å². The van der Waals surface area contributed by atoms with Crippen LogP contribution in [0.15, 0.2) is 41.3 Å². The Morgan fingerprint density at radius 2 is 1.86 bits per heavy atom. The molecule has 0 spiro atoms. The highest BCUT2D eigenvalue weighted by Gasteiger charge is 2.54. The molecule has 35 heavy (non-hydrogen) atoms. The van der Waals surface area contributed by atoms with Crippen LogP contribution in [0.4, 0.5) is 23.4 Å². The average Bonchev–Trinajstić information content (AvgIpc) is 3.65. The van der Waals surface area contributed by atoms with Gasteiger partial charge in [-0.05, 0) is 31.0 Å². The summed E-state index contributed by atoms with van der Waals surface area (Å²) < 4.78 is 61.5. The van der Waals surface area contributed by atoms with Crippen molar-refractivity contribution in [1.82, 2.24) is 19.7 Å². The largest absolute Gasteiger partial charge is 0.487 e. The van der Waals surface area contributed by atoms with Gasteiger partial charge in [-0.3, -0.25) is 4.79 Å². The number of piperidine rings is 1. The minimum Gasteiger partial charge on any atom is -0.487 e. The second kappa shape index (κ2) is 8.94. The summed E-state index contributed by atoms with van der Waals surface area (Å²) in [6.45, 7) is 0.973. The molecule has 3 heterocycles. The Morgan fingerprint density at radius 1 is 1.11 bits per heavy atom. The highest BCUT2D eigenvalue weighted by Crippen LogP contribution is 2.52. The first-order valence-electron chi connectivity index (χ1n) is 11.3. The van der Waals surface area contributed by atoms with Gasteiger partial charge in [0, 0.05) is 45.1 Å². The number of ether oxygens (including phenoxy) is 1. The van der Waals surface area contributed by atoms with Crippen molar-refractivity contribution in [2.75, 3.05) is 18.0 Å². The van der Waals surface area contributed by atoms with Gasteiger partial charge in [0.15, 0.2) is 17.4 Å². The van der Waals surface area contributed by atoms with E-state index in [2.05, 4.69) is 15.1 Å². The first kappa shape index (κ1) is 23.3. The van der Waals surface area contributed by atoms with Crippen LogP contribution in [0.5, 0.6) is 5.75 Å². The highest BCUT2D eigenvalue weighted by atomic mass is 19.3. The number of benzene rings is 1. The first-order chi connectivity index (χ1) is 16.8. The Hall–Kier alpha value is -3.50. The number of rotatable bonds is 6. The van der Waals surface area contributed by atoms with Crippen LogP contribution in [0, 0.1) is 11.6 Å². The molecule has 11 heteroatoms. The maximum atomic E-state index is 14.0. The number of alkyl halides is 2. The lowest BCUT2D eigenvalue weighted by Gasteiger charge is -2.34. The summed E-state index contributed by atoms with van der Waals surface area (Å²) in [5, 5.41) is 4.26. The van der Waals surface area contributed by atoms with Gasteiger partial charge < -0.3 is 9.64 Å². The van der Waals surface area contributed by atoms with Gasteiger partial charge in [-0.2, -0.15) is 5.10 Å². The maximum Gasteiger partial charge on any atom is 0.266 e. The van der Waals surface area contributed by atoms with Gasteiger partial charge in [0.1, 0.15) is 23.3 Å². The number of aromatic nitrogens is 4. The molecule has 0 bridgehead atoms. The summed E-state index contributed by atoms with van der Waals surface area (Å²) >= 11 is 0. The Morgan fingerprint density at radius 3 is 2.49 bits per heavy atom. The number of hydrogen-bond acceptors (Lipinski definition) is 6. The van der Waals surface area contributed by atoms with Crippen LogP contribution in [0.1, 0.15) is 31.4 Å². The van der Waals surface area contributed by atoms with Crippen molar-refractivity contribution in [3.63, 3.8) is 0 Å². The topological polar surface area (TPSA) is 73.1 Å². The third kappa shape index (κ3) is 4.46. The zero-order valence-corrected chi connectivity index (χ0v) is 18.9. The van der Waals surface area contributed by atoms with E-state index >= 15 is 0 Å². The Balaban J connectivity index is 1.41. The summed E-state index contributed by atoms with van der Waals surface area (Å²) in [5.74, 6) is -0.974. The molecule has 2 aliphatic rings. The Kier molecular flexibility index (Phi) is 5.94. The zero-order chi connectivity index (χ0) is 24.7. The van der Waals surface area contributed by atoms with Gasteiger partial charge in [0.25, 0.3) is 5.56 Å². The van der Waals surface area contributed by atoms with Crippen LogP contribution in [0.2, 0.25) is 0 Å². The van der Waals surface area contributed by atoms with Gasteiger partial charge in [-0.15, -0.1) is 0 Å². The molecule has 1 saturated carbocycles. The number of nitrogens with zero attached hydrogens (tertiary/aromatic N) is 5. The molecule has 2 aromatic heterocycles. The molecule has 0 unspecified atom stereocenters. The van der Waals surface area contributed by atoms with Crippen LogP contribution in [-0.2, 0) is 12.5 Å². The summed E-state index contributed by atoms with van der Waals surface area (Å²) in [7, 11) is 1.50. The van der Waals surface area contributed by atoms with Gasteiger partial charge in [0.05, 0.1) is 17.3 Å². The zero-order valence-electron chi connectivity index (χ0n) is 18.9. The fourth-order valence-corrected chi connectivity index (χ4v) is 4.31. The molecule has 0 amide bonds. The summed E-state index contributed by atoms with van der Waals surface area (Å²) in [5.41, 5.74) is -0.702. The minimum atomic E-state index is -2.55. The van der Waals surface area contributed by atoms with E-state index < -0.39 is 23.5 Å². The smallest absolute Gasteiger partial charge is 0.266 e. The molecular weight excluding hydrogens is 466 g/mol. The second-order valence-electron chi connectivity index (χ2n) is 8.94. The Labute approximate surface area is 198 Å². The normalized spacial score (nSPS) is 17.6. The van der Waals surface area contributed by atoms with Gasteiger partial charge in [-0.25, -0.2) is 32.2 Å². The molecule has 0 radical (unpaired) electrons. The van der Waals surface area contributed by atoms with Gasteiger partial charge >= 0.3 is 0 Å². The molecule has 1 saturated heterocycles. The predicted octanol–water partition coefficient (Wildman–Crippen LogP) is 3.86. The lowest BCUT2D eigenvalue weighted by atomic mass is 10.0. The molecule has 1 aliphatic heterocycles. The van der Waals surface area contributed by atoms with Crippen LogP contribution < -0.4 is 15.2 Å². The van der Waals surface area contributed by atoms with E-state index in [1.807, 2.05) is 4.90 Å². The van der Waals surface area contributed by atoms with E-state index in [1.54, 1.807) is 0 Å². The molecule has 2 fully saturated rings. The summed E-state index contributed by atoms with van der Waals surface area (Å²) in [6.07, 6.45) is 0.289. The monoisotopic (exact) mass is 489 g/mol. The highest BCUT2D eigenvalue weighted by molar-refractivity contribution is 5.69. The molecule has 1 aliphatic carbocycles. The Bertz CT molecular complexity index is 1300. The average molecular weight is 489 g/mol. The van der Waals surface area contributed by atoms with E-state index in [9.17, 15) is 22.4 Å². The third-order valence-electron chi connectivity index (χ3n) is 6.60. The molecular formula is C24H23F4N5O2. The lowest BCUT2D eigenvalue weighted by molar-refractivity contribution is 0.0997. The van der Waals surface area contributed by atoms with Crippen molar-refractivity contribution in [2.24, 2.45) is 7.05 Å². The van der Waals surface area contributed by atoms with E-state index in [0.29, 0.717) is 56.0 Å². The van der Waals surface area contributed by atoms with E-state index in [4.69, 9.17) is 4.74 Å². The van der Waals surface area contributed by atoms with Crippen molar-refractivity contribution in [1.29, 1.82) is 0 Å². The fourth-order valence-electron chi connectivity index (χ4n) is 4.31. The molecule has 0 N–H and O–H groups in total. The van der Waals surface area contributed by atoms with Crippen molar-refractivity contribution < 1.29 is 22.3 Å². The molecule has 0 atom stereocenters. The fraction of sp³-hybridized carbons (Fsp3) is 0.417. The number of anilines is 1. The third-order valence-corrected chi connectivity index (χ3v) is 6.60. The summed E-state index contributed by atoms with van der Waals surface area (Å²) in [6, 6.07) is 6.04. The van der Waals surface area contributed by atoms with Crippen LogP contribution in [0.3, 0.4) is 0 Å². The van der Waals surface area contributed by atoms with Crippen molar-refractivity contribution in [3.05, 3.63) is 64.2 Å². The van der Waals surface area contributed by atoms with Crippen molar-refractivity contribution in [2.45, 2.75) is 43.6 Å². The standard InChI is InChI=1S/C24H23F4N5O2/c1-32-20(34)5-3-17(31-32)21-22(29-13-19(30-21)24(8-9-24)23(27)28)33-10-6-15(7-11-33)35-18-4-2-14(25)12-16(18)26/h2-5,12-13,15,23H,6-11H2,1H3. The number of hydrogen-bond donors (Lipinski definition) is 0. The van der Waals surface area contributed by atoms with Gasteiger partial charge in [0.2, 0.25) is 6.43 Å². The SMILES string of the molecule is Cn1nc(-c2nc(C3(C(F)F)CC3)cnc2N2CCC(Oc3ccc(F)cc3F)CC2)ccc1=O. The van der Waals surface area contributed by atoms with E-state index in [1.165, 1.54) is 31.4 Å². The first-order valence-corrected chi connectivity index (χ1v) is 11.3. The quantitative estimate of drug-likeness (QED) is 0.490.